The smallest absolute Gasteiger partial charge is 0.416 e. The predicted octanol–water partition coefficient (Wildman–Crippen LogP) is 0.503. The van der Waals surface area contributed by atoms with E-state index in [9.17, 15) is 9.59 Å². The Morgan fingerprint density at radius 3 is 3.00 bits per heavy atom. The van der Waals surface area contributed by atoms with Gasteiger partial charge in [0.2, 0.25) is 0 Å². The molecule has 1 aromatic rings. The zero-order valence-electron chi connectivity index (χ0n) is 9.80. The number of imide groups is 1. The summed E-state index contributed by atoms with van der Waals surface area (Å²) in [6, 6.07) is 7.16. The molecule has 2 amide bonds. The number of nitrogens with zero attached hydrogens (tertiary/aromatic N) is 1. The number of nitrogens with two attached hydrogens (primary N) is 1. The molecule has 1 aliphatic rings. The van der Waals surface area contributed by atoms with Gasteiger partial charge < -0.3 is 15.2 Å². The number of cyclic esters (lactones) is 1. The van der Waals surface area contributed by atoms with E-state index in [0.717, 1.165) is 10.5 Å². The second-order valence-electron chi connectivity index (χ2n) is 3.80. The van der Waals surface area contributed by atoms with E-state index in [2.05, 4.69) is 4.74 Å². The second kappa shape index (κ2) is 5.50. The SMILES string of the molecule is NCc1cccc(OCC(=O)N2CCOC2=O)c1. The maximum Gasteiger partial charge on any atom is 0.416 e. The first-order chi connectivity index (χ1) is 8.70. The molecule has 18 heavy (non-hydrogen) atoms. The first-order valence-electron chi connectivity index (χ1n) is 5.59. The number of benzene rings is 1. The quantitative estimate of drug-likeness (QED) is 0.841. The van der Waals surface area contributed by atoms with Crippen LogP contribution in [0.25, 0.3) is 0 Å². The van der Waals surface area contributed by atoms with Crippen molar-refractivity contribution >= 4 is 12.0 Å². The molecule has 0 aromatic heterocycles. The molecule has 2 rings (SSSR count). The number of carbonyl (C=O) groups excluding carboxylic acids is 2. The number of rotatable bonds is 4. The van der Waals surface area contributed by atoms with E-state index in [4.69, 9.17) is 10.5 Å². The van der Waals surface area contributed by atoms with Crippen LogP contribution in [0.3, 0.4) is 0 Å². The third kappa shape index (κ3) is 2.78. The van der Waals surface area contributed by atoms with Gasteiger partial charge in [0.15, 0.2) is 6.61 Å². The van der Waals surface area contributed by atoms with Crippen LogP contribution in [0.15, 0.2) is 24.3 Å². The van der Waals surface area contributed by atoms with Crippen molar-refractivity contribution in [3.05, 3.63) is 29.8 Å². The largest absolute Gasteiger partial charge is 0.484 e. The number of hydrogen-bond donors (Lipinski definition) is 1. The van der Waals surface area contributed by atoms with Crippen molar-refractivity contribution in [1.29, 1.82) is 0 Å². The first-order valence-corrected chi connectivity index (χ1v) is 5.59. The third-order valence-electron chi connectivity index (χ3n) is 2.56. The van der Waals surface area contributed by atoms with Gasteiger partial charge in [0, 0.05) is 6.54 Å². The summed E-state index contributed by atoms with van der Waals surface area (Å²) in [7, 11) is 0. The number of amides is 2. The number of carbonyl (C=O) groups is 2. The van der Waals surface area contributed by atoms with Crippen molar-refractivity contribution in [2.75, 3.05) is 19.8 Å². The summed E-state index contributed by atoms with van der Waals surface area (Å²) < 4.78 is 9.99. The van der Waals surface area contributed by atoms with Crippen LogP contribution in [-0.4, -0.2) is 36.7 Å². The fourth-order valence-corrected chi connectivity index (χ4v) is 1.61. The van der Waals surface area contributed by atoms with Gasteiger partial charge in [-0.2, -0.15) is 0 Å². The molecule has 1 heterocycles. The fraction of sp³-hybridized carbons (Fsp3) is 0.333. The Bertz CT molecular complexity index is 461. The van der Waals surface area contributed by atoms with Crippen LogP contribution < -0.4 is 10.5 Å². The molecular formula is C12H14N2O4. The minimum Gasteiger partial charge on any atom is -0.484 e. The zero-order chi connectivity index (χ0) is 13.0. The molecule has 0 spiro atoms. The van der Waals surface area contributed by atoms with E-state index in [1.807, 2.05) is 6.07 Å². The Morgan fingerprint density at radius 1 is 1.50 bits per heavy atom. The lowest BCUT2D eigenvalue weighted by Gasteiger charge is -2.11. The highest BCUT2D eigenvalue weighted by Crippen LogP contribution is 2.13. The molecule has 1 aliphatic heterocycles. The van der Waals surface area contributed by atoms with Crippen LogP contribution in [-0.2, 0) is 16.1 Å². The minimum atomic E-state index is -0.612. The van der Waals surface area contributed by atoms with E-state index in [0.29, 0.717) is 12.3 Å². The zero-order valence-corrected chi connectivity index (χ0v) is 9.80. The fourth-order valence-electron chi connectivity index (χ4n) is 1.61. The van der Waals surface area contributed by atoms with Gasteiger partial charge in [0.1, 0.15) is 12.4 Å². The maximum absolute atomic E-state index is 11.7. The van der Waals surface area contributed by atoms with Gasteiger partial charge in [-0.15, -0.1) is 0 Å². The van der Waals surface area contributed by atoms with E-state index in [-0.39, 0.29) is 19.8 Å². The highest BCUT2D eigenvalue weighted by atomic mass is 16.6. The highest BCUT2D eigenvalue weighted by Gasteiger charge is 2.28. The Labute approximate surface area is 104 Å². The standard InChI is InChI=1S/C12H14N2O4/c13-7-9-2-1-3-10(6-9)18-8-11(15)14-4-5-17-12(14)16/h1-3,6H,4-5,7-8,13H2. The molecule has 0 radical (unpaired) electrons. The molecule has 0 unspecified atom stereocenters. The van der Waals surface area contributed by atoms with E-state index in [1.165, 1.54) is 0 Å². The summed E-state index contributed by atoms with van der Waals surface area (Å²) >= 11 is 0. The number of hydrogen-bond acceptors (Lipinski definition) is 5. The molecule has 1 fully saturated rings. The average Bonchev–Trinajstić information content (AvgIpc) is 2.82. The van der Waals surface area contributed by atoms with Gasteiger partial charge in [-0.05, 0) is 17.7 Å². The predicted molar refractivity (Wildman–Crippen MR) is 62.9 cm³/mol. The van der Waals surface area contributed by atoms with Crippen molar-refractivity contribution in [3.63, 3.8) is 0 Å². The minimum absolute atomic E-state index is 0.191. The van der Waals surface area contributed by atoms with E-state index in [1.54, 1.807) is 18.2 Å². The van der Waals surface area contributed by atoms with Crippen molar-refractivity contribution in [2.24, 2.45) is 5.73 Å². The lowest BCUT2D eigenvalue weighted by Crippen LogP contribution is -2.35. The van der Waals surface area contributed by atoms with Crippen LogP contribution in [0.5, 0.6) is 5.75 Å². The Hall–Kier alpha value is -2.08. The van der Waals surface area contributed by atoms with Gasteiger partial charge in [0.05, 0.1) is 6.54 Å². The van der Waals surface area contributed by atoms with Gasteiger partial charge in [-0.25, -0.2) is 9.69 Å². The molecule has 0 bridgehead atoms. The molecule has 2 N–H and O–H groups in total. The highest BCUT2D eigenvalue weighted by molar-refractivity contribution is 5.93. The normalized spacial score (nSPS) is 14.5. The van der Waals surface area contributed by atoms with Crippen LogP contribution in [0.1, 0.15) is 5.56 Å². The van der Waals surface area contributed by atoms with Crippen LogP contribution >= 0.6 is 0 Å². The lowest BCUT2D eigenvalue weighted by molar-refractivity contribution is -0.129. The van der Waals surface area contributed by atoms with Crippen LogP contribution in [0, 0.1) is 0 Å². The molecule has 1 aromatic carbocycles. The summed E-state index contributed by atoms with van der Waals surface area (Å²) in [5.74, 6) is 0.148. The molecule has 6 heteroatoms. The van der Waals surface area contributed by atoms with Crippen molar-refractivity contribution < 1.29 is 19.1 Å². The van der Waals surface area contributed by atoms with Gasteiger partial charge in [-0.1, -0.05) is 12.1 Å². The third-order valence-corrected chi connectivity index (χ3v) is 2.56. The van der Waals surface area contributed by atoms with Gasteiger partial charge in [0.25, 0.3) is 5.91 Å². The Kier molecular flexibility index (Phi) is 3.78. The molecule has 0 atom stereocenters. The first kappa shape index (κ1) is 12.4. The Morgan fingerprint density at radius 2 is 2.33 bits per heavy atom. The van der Waals surface area contributed by atoms with Crippen molar-refractivity contribution in [1.82, 2.24) is 4.90 Å². The Balaban J connectivity index is 1.90. The van der Waals surface area contributed by atoms with Crippen molar-refractivity contribution in [3.8, 4) is 5.75 Å². The average molecular weight is 250 g/mol. The van der Waals surface area contributed by atoms with Crippen LogP contribution in [0.2, 0.25) is 0 Å². The van der Waals surface area contributed by atoms with E-state index >= 15 is 0 Å². The molecule has 0 aliphatic carbocycles. The summed E-state index contributed by atoms with van der Waals surface area (Å²) in [6.45, 7) is 0.740. The summed E-state index contributed by atoms with van der Waals surface area (Å²) in [5, 5.41) is 0. The molecule has 0 saturated carbocycles. The number of ether oxygens (including phenoxy) is 2. The van der Waals surface area contributed by atoms with Gasteiger partial charge in [-0.3, -0.25) is 4.79 Å². The van der Waals surface area contributed by atoms with Crippen molar-refractivity contribution in [2.45, 2.75) is 6.54 Å². The monoisotopic (exact) mass is 250 g/mol. The summed E-state index contributed by atoms with van der Waals surface area (Å²) in [5.41, 5.74) is 6.42. The van der Waals surface area contributed by atoms with Gasteiger partial charge >= 0.3 is 6.09 Å². The topological polar surface area (TPSA) is 81.9 Å². The maximum atomic E-state index is 11.7. The molecule has 1 saturated heterocycles. The summed E-state index contributed by atoms with van der Waals surface area (Å²) in [6.07, 6.45) is -0.612. The lowest BCUT2D eigenvalue weighted by atomic mass is 10.2. The molecular weight excluding hydrogens is 236 g/mol. The van der Waals surface area contributed by atoms with Crippen LogP contribution in [0.4, 0.5) is 4.79 Å². The molecule has 96 valence electrons. The summed E-state index contributed by atoms with van der Waals surface area (Å²) in [4.78, 5) is 23.8. The molecule has 6 nitrogen and oxygen atoms in total. The second-order valence-corrected chi connectivity index (χ2v) is 3.80. The van der Waals surface area contributed by atoms with E-state index < -0.39 is 12.0 Å².